The highest BCUT2D eigenvalue weighted by Gasteiger charge is 2.00. The summed E-state index contributed by atoms with van der Waals surface area (Å²) in [5.41, 5.74) is 1.47. The number of hydrogen-bond acceptors (Lipinski definition) is 3. The summed E-state index contributed by atoms with van der Waals surface area (Å²) in [7, 11) is 0. The standard InChI is InChI=1S/C8H6N2O/c1-6-2-3-7(5-9)8(4-6)10-11/h2-4H,1H3. The SMILES string of the molecule is Cc1ccc(C#N)c(N=O)c1. The Morgan fingerprint density at radius 3 is 2.82 bits per heavy atom. The largest absolute Gasteiger partial charge is 0.192 e. The fourth-order valence-electron chi connectivity index (χ4n) is 0.812. The van der Waals surface area contributed by atoms with Gasteiger partial charge >= 0.3 is 0 Å². The van der Waals surface area contributed by atoms with Crippen molar-refractivity contribution in [2.45, 2.75) is 6.92 Å². The van der Waals surface area contributed by atoms with E-state index in [0.29, 0.717) is 5.56 Å². The number of nitroso groups, excluding NO2 is 1. The smallest absolute Gasteiger partial charge is 0.126 e. The molecule has 0 saturated heterocycles. The summed E-state index contributed by atoms with van der Waals surface area (Å²) in [6.07, 6.45) is 0. The summed E-state index contributed by atoms with van der Waals surface area (Å²) in [4.78, 5) is 10.1. The molecule has 0 radical (unpaired) electrons. The maximum atomic E-state index is 10.1. The zero-order valence-electron chi connectivity index (χ0n) is 6.03. The molecular formula is C8H6N2O. The molecule has 0 heterocycles. The quantitative estimate of drug-likeness (QED) is 0.570. The number of nitriles is 1. The van der Waals surface area contributed by atoms with Gasteiger partial charge in [0.25, 0.3) is 0 Å². The molecule has 0 N–H and O–H groups in total. The second kappa shape index (κ2) is 2.93. The van der Waals surface area contributed by atoms with Crippen LogP contribution in [0.2, 0.25) is 0 Å². The average molecular weight is 146 g/mol. The molecule has 0 saturated carbocycles. The van der Waals surface area contributed by atoms with E-state index < -0.39 is 0 Å². The van der Waals surface area contributed by atoms with E-state index >= 15 is 0 Å². The van der Waals surface area contributed by atoms with Gasteiger partial charge in [0.1, 0.15) is 11.8 Å². The van der Waals surface area contributed by atoms with Gasteiger partial charge in [-0.25, -0.2) is 0 Å². The highest BCUT2D eigenvalue weighted by molar-refractivity contribution is 5.54. The number of benzene rings is 1. The molecule has 0 unspecified atom stereocenters. The van der Waals surface area contributed by atoms with Gasteiger partial charge in [0, 0.05) is 0 Å². The third-order valence-electron chi connectivity index (χ3n) is 1.37. The van der Waals surface area contributed by atoms with E-state index in [1.807, 2.05) is 13.0 Å². The van der Waals surface area contributed by atoms with Gasteiger partial charge in [-0.2, -0.15) is 5.26 Å². The van der Waals surface area contributed by atoms with E-state index in [1.54, 1.807) is 18.2 Å². The molecule has 1 aromatic carbocycles. The van der Waals surface area contributed by atoms with Crippen LogP contribution in [0.15, 0.2) is 23.4 Å². The lowest BCUT2D eigenvalue weighted by Gasteiger charge is -1.93. The molecule has 0 amide bonds. The van der Waals surface area contributed by atoms with Crippen LogP contribution in [0.5, 0.6) is 0 Å². The Morgan fingerprint density at radius 2 is 2.27 bits per heavy atom. The van der Waals surface area contributed by atoms with Crippen LogP contribution in [-0.2, 0) is 0 Å². The molecular weight excluding hydrogens is 140 g/mol. The molecule has 0 aliphatic rings. The zero-order valence-corrected chi connectivity index (χ0v) is 6.03. The van der Waals surface area contributed by atoms with Crippen molar-refractivity contribution in [3.05, 3.63) is 34.2 Å². The zero-order chi connectivity index (χ0) is 8.27. The van der Waals surface area contributed by atoms with Crippen LogP contribution in [0.25, 0.3) is 0 Å². The Morgan fingerprint density at radius 1 is 1.55 bits per heavy atom. The first-order valence-electron chi connectivity index (χ1n) is 3.12. The lowest BCUT2D eigenvalue weighted by molar-refractivity contribution is 1.38. The second-order valence-corrected chi connectivity index (χ2v) is 2.22. The summed E-state index contributed by atoms with van der Waals surface area (Å²) in [6.45, 7) is 1.84. The molecule has 1 rings (SSSR count). The molecule has 0 aliphatic heterocycles. The van der Waals surface area contributed by atoms with Crippen LogP contribution in [0.1, 0.15) is 11.1 Å². The van der Waals surface area contributed by atoms with Crippen molar-refractivity contribution in [1.82, 2.24) is 0 Å². The summed E-state index contributed by atoms with van der Waals surface area (Å²) in [5, 5.41) is 11.2. The van der Waals surface area contributed by atoms with Crippen LogP contribution in [0.3, 0.4) is 0 Å². The van der Waals surface area contributed by atoms with E-state index in [0.717, 1.165) is 5.56 Å². The third kappa shape index (κ3) is 1.41. The Labute approximate surface area is 64.2 Å². The first kappa shape index (κ1) is 7.42. The average Bonchev–Trinajstić information content (AvgIpc) is 2.04. The molecule has 3 heteroatoms. The van der Waals surface area contributed by atoms with Crippen LogP contribution in [0, 0.1) is 23.2 Å². The summed E-state index contributed by atoms with van der Waals surface area (Å²) >= 11 is 0. The van der Waals surface area contributed by atoms with Gasteiger partial charge in [0.15, 0.2) is 0 Å². The van der Waals surface area contributed by atoms with Gasteiger partial charge in [-0.15, -0.1) is 4.91 Å². The van der Waals surface area contributed by atoms with Crippen LogP contribution in [-0.4, -0.2) is 0 Å². The van der Waals surface area contributed by atoms with Crippen molar-refractivity contribution < 1.29 is 0 Å². The maximum Gasteiger partial charge on any atom is 0.126 e. The maximum absolute atomic E-state index is 10.1. The normalized spacial score (nSPS) is 8.73. The second-order valence-electron chi connectivity index (χ2n) is 2.22. The number of nitrogens with zero attached hydrogens (tertiary/aromatic N) is 2. The molecule has 0 aromatic heterocycles. The van der Waals surface area contributed by atoms with Gasteiger partial charge in [0.05, 0.1) is 5.56 Å². The van der Waals surface area contributed by atoms with Gasteiger partial charge in [-0.3, -0.25) is 0 Å². The van der Waals surface area contributed by atoms with Crippen molar-refractivity contribution in [1.29, 1.82) is 5.26 Å². The highest BCUT2D eigenvalue weighted by atomic mass is 16.3. The molecule has 0 aliphatic carbocycles. The van der Waals surface area contributed by atoms with Gasteiger partial charge in [0.2, 0.25) is 0 Å². The van der Waals surface area contributed by atoms with E-state index in [4.69, 9.17) is 5.26 Å². The van der Waals surface area contributed by atoms with Crippen LogP contribution < -0.4 is 0 Å². The van der Waals surface area contributed by atoms with Crippen LogP contribution >= 0.6 is 0 Å². The fraction of sp³-hybridized carbons (Fsp3) is 0.125. The van der Waals surface area contributed by atoms with Crippen molar-refractivity contribution in [3.8, 4) is 6.07 Å². The van der Waals surface area contributed by atoms with E-state index in [2.05, 4.69) is 5.18 Å². The molecule has 0 fully saturated rings. The van der Waals surface area contributed by atoms with Crippen molar-refractivity contribution >= 4 is 5.69 Å². The topological polar surface area (TPSA) is 53.2 Å². The van der Waals surface area contributed by atoms with Crippen molar-refractivity contribution in [2.75, 3.05) is 0 Å². The minimum atomic E-state index is 0.215. The lowest BCUT2D eigenvalue weighted by Crippen LogP contribution is -1.76. The van der Waals surface area contributed by atoms with Crippen molar-refractivity contribution in [2.24, 2.45) is 5.18 Å². The summed E-state index contributed by atoms with van der Waals surface area (Å²) in [6, 6.07) is 6.83. The predicted molar refractivity (Wildman–Crippen MR) is 41.3 cm³/mol. The minimum Gasteiger partial charge on any atom is -0.192 e. The van der Waals surface area contributed by atoms with Gasteiger partial charge in [-0.1, -0.05) is 6.07 Å². The minimum absolute atomic E-state index is 0.215. The summed E-state index contributed by atoms with van der Waals surface area (Å²) < 4.78 is 0. The van der Waals surface area contributed by atoms with E-state index in [9.17, 15) is 4.91 Å². The first-order valence-corrected chi connectivity index (χ1v) is 3.12. The Kier molecular flexibility index (Phi) is 1.98. The molecule has 3 nitrogen and oxygen atoms in total. The van der Waals surface area contributed by atoms with Gasteiger partial charge < -0.3 is 0 Å². The Bertz CT molecular complexity index is 325. The monoisotopic (exact) mass is 146 g/mol. The highest BCUT2D eigenvalue weighted by Crippen LogP contribution is 2.18. The summed E-state index contributed by atoms with van der Waals surface area (Å²) in [5.74, 6) is 0. The molecule has 0 bridgehead atoms. The van der Waals surface area contributed by atoms with Crippen molar-refractivity contribution in [3.63, 3.8) is 0 Å². The predicted octanol–water partition coefficient (Wildman–Crippen LogP) is 2.26. The number of rotatable bonds is 1. The van der Waals surface area contributed by atoms with Crippen LogP contribution in [0.4, 0.5) is 5.69 Å². The van der Waals surface area contributed by atoms with E-state index in [1.165, 1.54) is 0 Å². The number of hydrogen-bond donors (Lipinski definition) is 0. The van der Waals surface area contributed by atoms with Gasteiger partial charge in [-0.05, 0) is 29.8 Å². The lowest BCUT2D eigenvalue weighted by atomic mass is 10.1. The third-order valence-corrected chi connectivity index (χ3v) is 1.37. The molecule has 1 aromatic rings. The molecule has 54 valence electrons. The Hall–Kier alpha value is -1.69. The van der Waals surface area contributed by atoms with E-state index in [-0.39, 0.29) is 5.69 Å². The molecule has 0 atom stereocenters. The molecule has 0 spiro atoms. The molecule has 11 heavy (non-hydrogen) atoms. The number of aryl methyl sites for hydroxylation is 1. The first-order chi connectivity index (χ1) is 5.27. The Balaban J connectivity index is 3.30. The fourth-order valence-corrected chi connectivity index (χ4v) is 0.812.